The zero-order valence-electron chi connectivity index (χ0n) is 21.0. The molecule has 0 unspecified atom stereocenters. The van der Waals surface area contributed by atoms with E-state index in [9.17, 15) is 13.2 Å². The highest BCUT2D eigenvalue weighted by Crippen LogP contribution is 2.45. The Labute approximate surface area is 216 Å². The summed E-state index contributed by atoms with van der Waals surface area (Å²) in [4.78, 5) is 17.8. The molecule has 1 fully saturated rings. The van der Waals surface area contributed by atoms with Crippen LogP contribution in [0.5, 0.6) is 17.6 Å². The maximum absolute atomic E-state index is 13.2. The summed E-state index contributed by atoms with van der Waals surface area (Å²) >= 11 is 0. The summed E-state index contributed by atoms with van der Waals surface area (Å²) in [5, 5.41) is 3.68. The summed E-state index contributed by atoms with van der Waals surface area (Å²) in [5.41, 5.74) is 2.46. The lowest BCUT2D eigenvalue weighted by atomic mass is 10.1. The maximum atomic E-state index is 13.2. The molecule has 1 aromatic carbocycles. The molecule has 0 saturated heterocycles. The van der Waals surface area contributed by atoms with Crippen LogP contribution in [0.25, 0.3) is 17.1 Å². The summed E-state index contributed by atoms with van der Waals surface area (Å²) in [6.45, 7) is 3.92. The van der Waals surface area contributed by atoms with E-state index in [0.29, 0.717) is 34.8 Å². The SMILES string of the molecule is CCOc1cc(C(F)(F)F)nn1-c1ccc(COc2nc(-c3c(OC)ncnc3C3CC3)ncc2C)cc1. The Bertz CT molecular complexity index is 1440. The van der Waals surface area contributed by atoms with Crippen LogP contribution in [0.2, 0.25) is 0 Å². The lowest BCUT2D eigenvalue weighted by Gasteiger charge is -2.13. The van der Waals surface area contributed by atoms with Crippen molar-refractivity contribution in [1.29, 1.82) is 0 Å². The minimum atomic E-state index is -4.57. The molecule has 5 rings (SSSR count). The van der Waals surface area contributed by atoms with Crippen molar-refractivity contribution < 1.29 is 27.4 Å². The molecule has 38 heavy (non-hydrogen) atoms. The van der Waals surface area contributed by atoms with E-state index in [1.54, 1.807) is 44.5 Å². The fourth-order valence-corrected chi connectivity index (χ4v) is 3.93. The number of aromatic nitrogens is 6. The Morgan fingerprint density at radius 3 is 2.45 bits per heavy atom. The van der Waals surface area contributed by atoms with Gasteiger partial charge in [0, 0.05) is 23.7 Å². The van der Waals surface area contributed by atoms with Crippen molar-refractivity contribution in [2.24, 2.45) is 0 Å². The summed E-state index contributed by atoms with van der Waals surface area (Å²) < 4.78 is 57.4. The molecule has 1 saturated carbocycles. The van der Waals surface area contributed by atoms with Gasteiger partial charge in [-0.25, -0.2) is 19.6 Å². The predicted octanol–water partition coefficient (Wildman–Crippen LogP) is 5.31. The number of benzene rings is 1. The number of halogens is 3. The van der Waals surface area contributed by atoms with Crippen LogP contribution in [0.3, 0.4) is 0 Å². The van der Waals surface area contributed by atoms with Crippen molar-refractivity contribution in [3.8, 4) is 34.7 Å². The second-order valence-electron chi connectivity index (χ2n) is 8.76. The van der Waals surface area contributed by atoms with Crippen LogP contribution in [0, 0.1) is 6.92 Å². The standard InChI is InChI=1S/C26H25F3N6O3/c1-4-37-20-11-19(26(27,28)29)34-35(20)18-9-5-16(6-10-18)13-38-24-15(2)12-30-23(33-24)21-22(17-7-8-17)31-14-32-25(21)36-3/h5-6,9-12,14,17H,4,7-8,13H2,1-3H3. The van der Waals surface area contributed by atoms with E-state index < -0.39 is 11.9 Å². The third kappa shape index (κ3) is 5.24. The van der Waals surface area contributed by atoms with E-state index in [0.717, 1.165) is 40.4 Å². The maximum Gasteiger partial charge on any atom is 0.435 e. The zero-order chi connectivity index (χ0) is 26.9. The quantitative estimate of drug-likeness (QED) is 0.290. The Kier molecular flexibility index (Phi) is 6.87. The molecule has 0 radical (unpaired) electrons. The van der Waals surface area contributed by atoms with E-state index in [4.69, 9.17) is 14.2 Å². The van der Waals surface area contributed by atoms with Crippen LogP contribution >= 0.6 is 0 Å². The highest BCUT2D eigenvalue weighted by Gasteiger charge is 2.35. The van der Waals surface area contributed by atoms with Crippen LogP contribution in [-0.2, 0) is 12.8 Å². The van der Waals surface area contributed by atoms with E-state index in [1.807, 2.05) is 6.92 Å². The van der Waals surface area contributed by atoms with E-state index in [-0.39, 0.29) is 19.1 Å². The van der Waals surface area contributed by atoms with Crippen LogP contribution < -0.4 is 14.2 Å². The van der Waals surface area contributed by atoms with Gasteiger partial charge in [-0.3, -0.25) is 0 Å². The third-order valence-electron chi connectivity index (χ3n) is 5.96. The number of ether oxygens (including phenoxy) is 3. The lowest BCUT2D eigenvalue weighted by Crippen LogP contribution is -2.08. The number of rotatable bonds is 9. The molecule has 9 nitrogen and oxygen atoms in total. The molecule has 0 atom stereocenters. The number of hydrogen-bond acceptors (Lipinski definition) is 8. The van der Waals surface area contributed by atoms with Crippen LogP contribution in [0.15, 0.2) is 42.9 Å². The largest absolute Gasteiger partial charge is 0.480 e. The molecule has 198 valence electrons. The first-order valence-electron chi connectivity index (χ1n) is 12.0. The molecule has 3 aromatic heterocycles. The number of hydrogen-bond donors (Lipinski definition) is 0. The predicted molar refractivity (Wildman–Crippen MR) is 130 cm³/mol. The van der Waals surface area contributed by atoms with Crippen molar-refractivity contribution in [2.75, 3.05) is 13.7 Å². The van der Waals surface area contributed by atoms with Gasteiger partial charge in [0.15, 0.2) is 11.5 Å². The molecule has 0 aliphatic heterocycles. The Hall–Kier alpha value is -4.22. The van der Waals surface area contributed by atoms with Gasteiger partial charge in [-0.15, -0.1) is 0 Å². The smallest absolute Gasteiger partial charge is 0.435 e. The minimum absolute atomic E-state index is 0.0128. The first-order valence-corrected chi connectivity index (χ1v) is 12.0. The number of nitrogens with zero attached hydrogens (tertiary/aromatic N) is 6. The van der Waals surface area contributed by atoms with Crippen LogP contribution in [0.1, 0.15) is 48.2 Å². The zero-order valence-corrected chi connectivity index (χ0v) is 21.0. The normalized spacial score (nSPS) is 13.4. The molecule has 1 aliphatic carbocycles. The monoisotopic (exact) mass is 526 g/mol. The van der Waals surface area contributed by atoms with Gasteiger partial charge < -0.3 is 14.2 Å². The topological polar surface area (TPSA) is 97.1 Å². The fraction of sp³-hybridized carbons (Fsp3) is 0.346. The molecular formula is C26H25F3N6O3. The Morgan fingerprint density at radius 2 is 1.79 bits per heavy atom. The summed E-state index contributed by atoms with van der Waals surface area (Å²) in [5.74, 6) is 1.57. The van der Waals surface area contributed by atoms with Crippen molar-refractivity contribution in [3.05, 3.63) is 65.4 Å². The molecule has 0 N–H and O–H groups in total. The molecule has 0 amide bonds. The van der Waals surface area contributed by atoms with Gasteiger partial charge in [-0.2, -0.15) is 23.3 Å². The van der Waals surface area contributed by atoms with Gasteiger partial charge in [0.05, 0.1) is 25.1 Å². The van der Waals surface area contributed by atoms with Crippen LogP contribution in [0.4, 0.5) is 13.2 Å². The summed E-state index contributed by atoms with van der Waals surface area (Å²) in [6, 6.07) is 7.69. The Morgan fingerprint density at radius 1 is 1.03 bits per heavy atom. The summed E-state index contributed by atoms with van der Waals surface area (Å²) in [6.07, 6.45) is 0.667. The lowest BCUT2D eigenvalue weighted by molar-refractivity contribution is -0.141. The van der Waals surface area contributed by atoms with Gasteiger partial charge in [-0.1, -0.05) is 12.1 Å². The van der Waals surface area contributed by atoms with Gasteiger partial charge in [0.2, 0.25) is 17.6 Å². The fourth-order valence-electron chi connectivity index (χ4n) is 3.93. The van der Waals surface area contributed by atoms with Crippen LogP contribution in [-0.4, -0.2) is 43.4 Å². The van der Waals surface area contributed by atoms with Gasteiger partial charge in [0.25, 0.3) is 0 Å². The highest BCUT2D eigenvalue weighted by molar-refractivity contribution is 5.66. The first kappa shape index (κ1) is 25.4. The minimum Gasteiger partial charge on any atom is -0.480 e. The number of aryl methyl sites for hydroxylation is 1. The van der Waals surface area contributed by atoms with Crippen molar-refractivity contribution in [3.63, 3.8) is 0 Å². The molecule has 3 heterocycles. The molecule has 4 aromatic rings. The molecular weight excluding hydrogens is 501 g/mol. The average molecular weight is 527 g/mol. The highest BCUT2D eigenvalue weighted by atomic mass is 19.4. The van der Waals surface area contributed by atoms with Crippen molar-refractivity contribution in [1.82, 2.24) is 29.7 Å². The van der Waals surface area contributed by atoms with E-state index in [1.165, 1.54) is 6.33 Å². The first-order chi connectivity index (χ1) is 18.3. The van der Waals surface area contributed by atoms with Gasteiger partial charge in [0.1, 0.15) is 18.5 Å². The second-order valence-corrected chi connectivity index (χ2v) is 8.76. The van der Waals surface area contributed by atoms with Gasteiger partial charge >= 0.3 is 6.18 Å². The third-order valence-corrected chi connectivity index (χ3v) is 5.96. The second kappa shape index (κ2) is 10.3. The Balaban J connectivity index is 1.36. The molecule has 0 bridgehead atoms. The molecule has 0 spiro atoms. The number of alkyl halides is 3. The summed E-state index contributed by atoms with van der Waals surface area (Å²) in [7, 11) is 1.54. The molecule has 12 heteroatoms. The van der Waals surface area contributed by atoms with Gasteiger partial charge in [-0.05, 0) is 44.4 Å². The van der Waals surface area contributed by atoms with Crippen molar-refractivity contribution in [2.45, 2.75) is 45.4 Å². The number of methoxy groups -OCH3 is 1. The molecule has 1 aliphatic rings. The van der Waals surface area contributed by atoms with E-state index in [2.05, 4.69) is 25.0 Å². The average Bonchev–Trinajstić information content (AvgIpc) is 3.67. The van der Waals surface area contributed by atoms with E-state index >= 15 is 0 Å². The van der Waals surface area contributed by atoms with Crippen molar-refractivity contribution >= 4 is 0 Å².